The van der Waals surface area contributed by atoms with Gasteiger partial charge in [-0.25, -0.2) is 0 Å². The van der Waals surface area contributed by atoms with Gasteiger partial charge in [0.25, 0.3) is 0 Å². The molecule has 0 bridgehead atoms. The first-order valence-electron chi connectivity index (χ1n) is 3.55. The Hall–Kier alpha value is -0.680. The van der Waals surface area contributed by atoms with Crippen molar-refractivity contribution in [2.45, 2.75) is 4.90 Å². The lowest BCUT2D eigenvalue weighted by Crippen LogP contribution is -2.05. The van der Waals surface area contributed by atoms with Crippen molar-refractivity contribution in [2.75, 3.05) is 12.5 Å². The zero-order valence-electron chi connectivity index (χ0n) is 7.35. The van der Waals surface area contributed by atoms with E-state index < -0.39 is 10.1 Å². The highest BCUT2D eigenvalue weighted by molar-refractivity contribution is 7.98. The van der Waals surface area contributed by atoms with Crippen LogP contribution in [0.4, 0.5) is 0 Å². The molecule has 0 N–H and O–H groups in total. The molecule has 13 heavy (non-hydrogen) atoms. The first kappa shape index (κ1) is 10.4. The fourth-order valence-electron chi connectivity index (χ4n) is 0.806. The molecule has 0 saturated heterocycles. The molecule has 5 heteroatoms. The van der Waals surface area contributed by atoms with E-state index in [0.717, 1.165) is 11.2 Å². The van der Waals surface area contributed by atoms with Crippen molar-refractivity contribution >= 4 is 21.9 Å². The molecule has 0 atom stereocenters. The van der Waals surface area contributed by atoms with Gasteiger partial charge in [-0.3, -0.25) is 0 Å². The van der Waals surface area contributed by atoms with Crippen LogP contribution in [0, 0.1) is 0 Å². The second-order valence-corrected chi connectivity index (χ2v) is 4.92. The number of benzene rings is 1. The van der Waals surface area contributed by atoms with Crippen LogP contribution >= 0.6 is 11.8 Å². The molecular weight excluding hydrogens is 208 g/mol. The van der Waals surface area contributed by atoms with E-state index in [1.807, 2.05) is 18.4 Å². The molecule has 1 aromatic rings. The number of rotatable bonds is 3. The van der Waals surface area contributed by atoms with Crippen molar-refractivity contribution in [1.29, 1.82) is 0 Å². The lowest BCUT2D eigenvalue weighted by Gasteiger charge is -2.02. The summed E-state index contributed by atoms with van der Waals surface area (Å²) in [5.41, 5.74) is 0. The third kappa shape index (κ3) is 3.69. The quantitative estimate of drug-likeness (QED) is 0.572. The maximum atomic E-state index is 10.7. The Morgan fingerprint density at radius 2 is 1.77 bits per heavy atom. The summed E-state index contributed by atoms with van der Waals surface area (Å²) in [6.07, 6.45) is 2.97. The zero-order chi connectivity index (χ0) is 9.90. The Kier molecular flexibility index (Phi) is 3.22. The van der Waals surface area contributed by atoms with Crippen molar-refractivity contribution in [3.8, 4) is 5.75 Å². The highest BCUT2D eigenvalue weighted by Crippen LogP contribution is 2.19. The van der Waals surface area contributed by atoms with Gasteiger partial charge in [-0.15, -0.1) is 11.8 Å². The summed E-state index contributed by atoms with van der Waals surface area (Å²) in [5, 5.41) is 0. The minimum Gasteiger partial charge on any atom is -0.383 e. The monoisotopic (exact) mass is 218 g/mol. The lowest BCUT2D eigenvalue weighted by atomic mass is 10.3. The maximum absolute atomic E-state index is 10.7. The smallest absolute Gasteiger partial charge is 0.306 e. The standard InChI is InChI=1S/C8H10O3S2/c1-12-8-5-3-7(4-6-8)11-13(2,9)10/h3-6H,1-2H3. The highest BCUT2D eigenvalue weighted by atomic mass is 32.2. The van der Waals surface area contributed by atoms with Crippen LogP contribution in [0.3, 0.4) is 0 Å². The number of hydrogen-bond donors (Lipinski definition) is 0. The molecule has 0 aliphatic carbocycles. The highest BCUT2D eigenvalue weighted by Gasteiger charge is 2.02. The topological polar surface area (TPSA) is 43.4 Å². The van der Waals surface area contributed by atoms with Crippen molar-refractivity contribution in [1.82, 2.24) is 0 Å². The van der Waals surface area contributed by atoms with Gasteiger partial charge in [0, 0.05) is 4.90 Å². The molecule has 0 radical (unpaired) electrons. The van der Waals surface area contributed by atoms with E-state index in [1.165, 1.54) is 0 Å². The second-order valence-electron chi connectivity index (χ2n) is 2.46. The summed E-state index contributed by atoms with van der Waals surface area (Å²) in [6, 6.07) is 6.89. The third-order valence-electron chi connectivity index (χ3n) is 1.31. The third-order valence-corrected chi connectivity index (χ3v) is 2.55. The molecule has 0 aliphatic rings. The molecule has 0 saturated carbocycles. The van der Waals surface area contributed by atoms with Gasteiger partial charge in [0.2, 0.25) is 0 Å². The largest absolute Gasteiger partial charge is 0.383 e. The van der Waals surface area contributed by atoms with Crippen LogP contribution in [0.15, 0.2) is 29.2 Å². The molecule has 1 rings (SSSR count). The van der Waals surface area contributed by atoms with Crippen LogP contribution in [-0.4, -0.2) is 20.9 Å². The van der Waals surface area contributed by atoms with Gasteiger partial charge in [0.05, 0.1) is 6.26 Å². The molecule has 0 aromatic heterocycles. The molecule has 0 fully saturated rings. The van der Waals surface area contributed by atoms with E-state index in [0.29, 0.717) is 5.75 Å². The molecule has 0 spiro atoms. The van der Waals surface area contributed by atoms with Gasteiger partial charge < -0.3 is 4.18 Å². The zero-order valence-corrected chi connectivity index (χ0v) is 8.98. The van der Waals surface area contributed by atoms with E-state index in [9.17, 15) is 8.42 Å². The molecule has 0 aliphatic heterocycles. The van der Waals surface area contributed by atoms with Crippen LogP contribution in [0.5, 0.6) is 5.75 Å². The van der Waals surface area contributed by atoms with Crippen molar-refractivity contribution in [3.63, 3.8) is 0 Å². The minimum absolute atomic E-state index is 0.348. The van der Waals surface area contributed by atoms with Gasteiger partial charge in [0.1, 0.15) is 5.75 Å². The predicted molar refractivity (Wildman–Crippen MR) is 53.7 cm³/mol. The first-order chi connectivity index (χ1) is 6.01. The predicted octanol–water partition coefficient (Wildman–Crippen LogP) is 1.75. The average molecular weight is 218 g/mol. The van der Waals surface area contributed by atoms with Crippen LogP contribution in [0.1, 0.15) is 0 Å². The second kappa shape index (κ2) is 4.02. The SMILES string of the molecule is CSc1ccc(OS(C)(=O)=O)cc1. The summed E-state index contributed by atoms with van der Waals surface area (Å²) in [7, 11) is -3.40. The Labute approximate surface area is 82.2 Å². The van der Waals surface area contributed by atoms with E-state index >= 15 is 0 Å². The summed E-state index contributed by atoms with van der Waals surface area (Å²) in [4.78, 5) is 1.07. The molecular formula is C8H10O3S2. The van der Waals surface area contributed by atoms with E-state index in [-0.39, 0.29) is 0 Å². The van der Waals surface area contributed by atoms with Gasteiger partial charge in [-0.1, -0.05) is 0 Å². The van der Waals surface area contributed by atoms with Gasteiger partial charge in [-0.05, 0) is 30.5 Å². The fraction of sp³-hybridized carbons (Fsp3) is 0.250. The Balaban J connectivity index is 2.81. The van der Waals surface area contributed by atoms with Crippen molar-refractivity contribution < 1.29 is 12.6 Å². The van der Waals surface area contributed by atoms with Crippen LogP contribution in [0.25, 0.3) is 0 Å². The molecule has 0 amide bonds. The first-order valence-corrected chi connectivity index (χ1v) is 6.59. The lowest BCUT2D eigenvalue weighted by molar-refractivity contribution is 0.493. The molecule has 72 valence electrons. The van der Waals surface area contributed by atoms with E-state index in [2.05, 4.69) is 4.18 Å². The Bertz CT molecular complexity index is 367. The fourth-order valence-corrected chi connectivity index (χ4v) is 1.68. The minimum atomic E-state index is -3.40. The maximum Gasteiger partial charge on any atom is 0.306 e. The summed E-state index contributed by atoms with van der Waals surface area (Å²) >= 11 is 1.59. The molecule has 1 aromatic carbocycles. The summed E-state index contributed by atoms with van der Waals surface area (Å²) < 4.78 is 26.1. The average Bonchev–Trinajstić information content (AvgIpc) is 2.03. The normalized spacial score (nSPS) is 11.2. The number of hydrogen-bond acceptors (Lipinski definition) is 4. The van der Waals surface area contributed by atoms with Gasteiger partial charge in [0.15, 0.2) is 0 Å². The molecule has 0 unspecified atom stereocenters. The van der Waals surface area contributed by atoms with Crippen LogP contribution < -0.4 is 4.18 Å². The number of thioether (sulfide) groups is 1. The van der Waals surface area contributed by atoms with Crippen molar-refractivity contribution in [2.24, 2.45) is 0 Å². The Morgan fingerprint density at radius 3 is 2.15 bits per heavy atom. The van der Waals surface area contributed by atoms with E-state index in [4.69, 9.17) is 0 Å². The van der Waals surface area contributed by atoms with Crippen molar-refractivity contribution in [3.05, 3.63) is 24.3 Å². The molecule has 0 heterocycles. The van der Waals surface area contributed by atoms with Gasteiger partial charge in [-0.2, -0.15) is 8.42 Å². The Morgan fingerprint density at radius 1 is 1.23 bits per heavy atom. The van der Waals surface area contributed by atoms with Crippen LogP contribution in [0.2, 0.25) is 0 Å². The van der Waals surface area contributed by atoms with Crippen LogP contribution in [-0.2, 0) is 10.1 Å². The van der Waals surface area contributed by atoms with Gasteiger partial charge >= 0.3 is 10.1 Å². The van der Waals surface area contributed by atoms with E-state index in [1.54, 1.807) is 23.9 Å². The summed E-state index contributed by atoms with van der Waals surface area (Å²) in [6.45, 7) is 0. The summed E-state index contributed by atoms with van der Waals surface area (Å²) in [5.74, 6) is 0.348. The molecule has 3 nitrogen and oxygen atoms in total.